The van der Waals surface area contributed by atoms with Gasteiger partial charge in [0.25, 0.3) is 5.56 Å². The quantitative estimate of drug-likeness (QED) is 0.672. The molecular weight excluding hydrogens is 334 g/mol. The Morgan fingerprint density at radius 2 is 1.78 bits per heavy atom. The van der Waals surface area contributed by atoms with Crippen LogP contribution in [0.5, 0.6) is 5.75 Å². The zero-order chi connectivity index (χ0) is 18.8. The van der Waals surface area contributed by atoms with Crippen molar-refractivity contribution in [1.29, 1.82) is 0 Å². The standard InChI is InChI=1S/C24H25NO2/c1-17-9-8-14-22(27-2)24(17)20-15-23(26)25(16-18-10-4-3-5-11-18)21-13-7-6-12-19(20)21/h3-5,8-11,14-15H,6-7,12-13,16H2,1-2H3. The molecule has 0 bridgehead atoms. The van der Waals surface area contributed by atoms with Crippen LogP contribution in [0, 0.1) is 6.92 Å². The number of fused-ring (bicyclic) bond motifs is 1. The Labute approximate surface area is 160 Å². The van der Waals surface area contributed by atoms with Gasteiger partial charge in [0.1, 0.15) is 5.75 Å². The average molecular weight is 359 g/mol. The number of rotatable bonds is 4. The van der Waals surface area contributed by atoms with Gasteiger partial charge in [0.05, 0.1) is 13.7 Å². The second kappa shape index (κ2) is 7.43. The topological polar surface area (TPSA) is 31.2 Å². The van der Waals surface area contributed by atoms with Crippen molar-refractivity contribution in [2.75, 3.05) is 7.11 Å². The van der Waals surface area contributed by atoms with Gasteiger partial charge >= 0.3 is 0 Å². The Morgan fingerprint density at radius 1 is 1.00 bits per heavy atom. The number of aryl methyl sites for hydroxylation is 1. The fourth-order valence-corrected chi connectivity index (χ4v) is 4.22. The van der Waals surface area contributed by atoms with E-state index in [4.69, 9.17) is 4.74 Å². The third-order valence-corrected chi connectivity index (χ3v) is 5.53. The van der Waals surface area contributed by atoms with Crippen LogP contribution in [-0.2, 0) is 19.4 Å². The summed E-state index contributed by atoms with van der Waals surface area (Å²) in [6.07, 6.45) is 4.27. The molecule has 1 aliphatic rings. The van der Waals surface area contributed by atoms with E-state index >= 15 is 0 Å². The van der Waals surface area contributed by atoms with E-state index in [-0.39, 0.29) is 5.56 Å². The van der Waals surface area contributed by atoms with Crippen LogP contribution in [0.4, 0.5) is 0 Å². The Kier molecular flexibility index (Phi) is 4.85. The maximum absolute atomic E-state index is 13.1. The lowest BCUT2D eigenvalue weighted by atomic mass is 9.87. The van der Waals surface area contributed by atoms with Crippen LogP contribution in [0.3, 0.4) is 0 Å². The molecule has 3 heteroatoms. The lowest BCUT2D eigenvalue weighted by Gasteiger charge is -2.25. The summed E-state index contributed by atoms with van der Waals surface area (Å²) >= 11 is 0. The highest BCUT2D eigenvalue weighted by Gasteiger charge is 2.22. The largest absolute Gasteiger partial charge is 0.496 e. The first-order chi connectivity index (χ1) is 13.2. The molecule has 138 valence electrons. The maximum atomic E-state index is 13.1. The SMILES string of the molecule is COc1cccc(C)c1-c1cc(=O)n(Cc2ccccc2)c2c1CCCC2. The zero-order valence-corrected chi connectivity index (χ0v) is 16.0. The summed E-state index contributed by atoms with van der Waals surface area (Å²) in [5.74, 6) is 0.836. The number of hydrogen-bond acceptors (Lipinski definition) is 2. The number of aromatic nitrogens is 1. The molecule has 0 N–H and O–H groups in total. The summed E-state index contributed by atoms with van der Waals surface area (Å²) < 4.78 is 7.60. The van der Waals surface area contributed by atoms with Crippen molar-refractivity contribution in [3.63, 3.8) is 0 Å². The van der Waals surface area contributed by atoms with Gasteiger partial charge in [-0.1, -0.05) is 42.5 Å². The minimum absolute atomic E-state index is 0.0693. The fraction of sp³-hybridized carbons (Fsp3) is 0.292. The monoisotopic (exact) mass is 359 g/mol. The second-order valence-corrected chi connectivity index (χ2v) is 7.25. The molecule has 2 aromatic carbocycles. The smallest absolute Gasteiger partial charge is 0.251 e. The fourth-order valence-electron chi connectivity index (χ4n) is 4.22. The van der Waals surface area contributed by atoms with Crippen LogP contribution in [0.25, 0.3) is 11.1 Å². The maximum Gasteiger partial charge on any atom is 0.251 e. The molecule has 3 aromatic rings. The predicted molar refractivity (Wildman–Crippen MR) is 110 cm³/mol. The molecule has 0 amide bonds. The Hall–Kier alpha value is -2.81. The van der Waals surface area contributed by atoms with E-state index in [0.717, 1.165) is 53.7 Å². The number of ether oxygens (including phenoxy) is 1. The van der Waals surface area contributed by atoms with Crippen molar-refractivity contribution >= 4 is 0 Å². The molecule has 1 aromatic heterocycles. The summed E-state index contributed by atoms with van der Waals surface area (Å²) in [7, 11) is 1.70. The highest BCUT2D eigenvalue weighted by molar-refractivity contribution is 5.77. The van der Waals surface area contributed by atoms with Gasteiger partial charge in [-0.15, -0.1) is 0 Å². The number of benzene rings is 2. The first kappa shape index (κ1) is 17.6. The molecule has 0 spiro atoms. The number of hydrogen-bond donors (Lipinski definition) is 0. The summed E-state index contributed by atoms with van der Waals surface area (Å²) in [5, 5.41) is 0. The lowest BCUT2D eigenvalue weighted by molar-refractivity contribution is 0.416. The van der Waals surface area contributed by atoms with Crippen molar-refractivity contribution in [2.45, 2.75) is 39.2 Å². The van der Waals surface area contributed by atoms with Crippen LogP contribution in [0.1, 0.15) is 35.2 Å². The lowest BCUT2D eigenvalue weighted by Crippen LogP contribution is -2.27. The summed E-state index contributed by atoms with van der Waals surface area (Å²) in [6, 6.07) is 18.1. The van der Waals surface area contributed by atoms with Gasteiger partial charge in [-0.3, -0.25) is 4.79 Å². The highest BCUT2D eigenvalue weighted by Crippen LogP contribution is 2.37. The van der Waals surface area contributed by atoms with Gasteiger partial charge in [-0.05, 0) is 60.9 Å². The van der Waals surface area contributed by atoms with E-state index in [0.29, 0.717) is 6.54 Å². The molecule has 1 heterocycles. The molecule has 0 unspecified atom stereocenters. The van der Waals surface area contributed by atoms with Gasteiger partial charge in [0.15, 0.2) is 0 Å². The van der Waals surface area contributed by atoms with E-state index in [2.05, 4.69) is 25.1 Å². The molecule has 4 rings (SSSR count). The predicted octanol–water partition coefficient (Wildman–Crippen LogP) is 4.76. The molecular formula is C24H25NO2. The third kappa shape index (κ3) is 3.30. The Morgan fingerprint density at radius 3 is 2.56 bits per heavy atom. The summed E-state index contributed by atoms with van der Waals surface area (Å²) in [5.41, 5.74) is 6.98. The van der Waals surface area contributed by atoms with E-state index in [1.807, 2.05) is 41.0 Å². The minimum Gasteiger partial charge on any atom is -0.496 e. The highest BCUT2D eigenvalue weighted by atomic mass is 16.5. The van der Waals surface area contributed by atoms with E-state index < -0.39 is 0 Å². The Bertz CT molecular complexity index is 1020. The number of methoxy groups -OCH3 is 1. The Balaban J connectivity index is 1.92. The molecule has 0 saturated heterocycles. The van der Waals surface area contributed by atoms with Gasteiger partial charge in [0.2, 0.25) is 0 Å². The van der Waals surface area contributed by atoms with E-state index in [1.165, 1.54) is 11.3 Å². The minimum atomic E-state index is 0.0693. The van der Waals surface area contributed by atoms with Gasteiger partial charge < -0.3 is 9.30 Å². The third-order valence-electron chi connectivity index (χ3n) is 5.53. The van der Waals surface area contributed by atoms with Gasteiger partial charge in [-0.25, -0.2) is 0 Å². The van der Waals surface area contributed by atoms with Crippen molar-refractivity contribution in [1.82, 2.24) is 4.57 Å². The van der Waals surface area contributed by atoms with Crippen LogP contribution in [0.2, 0.25) is 0 Å². The van der Waals surface area contributed by atoms with E-state index in [9.17, 15) is 4.79 Å². The van der Waals surface area contributed by atoms with Crippen molar-refractivity contribution in [3.05, 3.63) is 87.3 Å². The van der Waals surface area contributed by atoms with Crippen LogP contribution >= 0.6 is 0 Å². The van der Waals surface area contributed by atoms with Crippen molar-refractivity contribution in [3.8, 4) is 16.9 Å². The number of nitrogens with zero attached hydrogens (tertiary/aromatic N) is 1. The molecule has 0 atom stereocenters. The molecule has 0 fully saturated rings. The van der Waals surface area contributed by atoms with Crippen molar-refractivity contribution < 1.29 is 4.74 Å². The normalized spacial score (nSPS) is 13.3. The molecule has 27 heavy (non-hydrogen) atoms. The average Bonchev–Trinajstić information content (AvgIpc) is 2.70. The zero-order valence-electron chi connectivity index (χ0n) is 16.0. The van der Waals surface area contributed by atoms with Crippen molar-refractivity contribution in [2.24, 2.45) is 0 Å². The summed E-state index contributed by atoms with van der Waals surface area (Å²) in [6.45, 7) is 2.72. The van der Waals surface area contributed by atoms with Gasteiger partial charge in [0, 0.05) is 17.3 Å². The molecule has 1 aliphatic carbocycles. The second-order valence-electron chi connectivity index (χ2n) is 7.25. The molecule has 0 aliphatic heterocycles. The molecule has 3 nitrogen and oxygen atoms in total. The molecule has 0 radical (unpaired) electrons. The van der Waals surface area contributed by atoms with Crippen LogP contribution in [-0.4, -0.2) is 11.7 Å². The first-order valence-corrected chi connectivity index (χ1v) is 9.62. The number of pyridine rings is 1. The van der Waals surface area contributed by atoms with Crippen LogP contribution < -0.4 is 10.3 Å². The molecule has 0 saturated carbocycles. The van der Waals surface area contributed by atoms with Crippen LogP contribution in [0.15, 0.2) is 59.4 Å². The van der Waals surface area contributed by atoms with E-state index in [1.54, 1.807) is 7.11 Å². The first-order valence-electron chi connectivity index (χ1n) is 9.62. The van der Waals surface area contributed by atoms with Gasteiger partial charge in [-0.2, -0.15) is 0 Å². The summed E-state index contributed by atoms with van der Waals surface area (Å²) in [4.78, 5) is 13.1.